The van der Waals surface area contributed by atoms with Crippen LogP contribution in [0.15, 0.2) is 11.6 Å². The molecule has 0 saturated carbocycles. The van der Waals surface area contributed by atoms with Gasteiger partial charge in [-0.2, -0.15) is 0 Å². The van der Waals surface area contributed by atoms with Gasteiger partial charge in [0.2, 0.25) is 0 Å². The first kappa shape index (κ1) is 13.0. The van der Waals surface area contributed by atoms with Crippen molar-refractivity contribution >= 4 is 21.2 Å². The first-order valence-corrected chi connectivity index (χ1v) is 8.66. The maximum atomic E-state index is 11.6. The second-order valence-corrected chi connectivity index (χ2v) is 7.61. The van der Waals surface area contributed by atoms with Crippen molar-refractivity contribution in [2.24, 2.45) is 0 Å². The van der Waals surface area contributed by atoms with Crippen molar-refractivity contribution in [1.82, 2.24) is 10.3 Å². The number of hydrogen-bond acceptors (Lipinski definition) is 5. The topological polar surface area (TPSA) is 59.1 Å². The fourth-order valence-corrected chi connectivity index (χ4v) is 4.64. The quantitative estimate of drug-likeness (QED) is 0.909. The van der Waals surface area contributed by atoms with E-state index in [0.717, 1.165) is 24.3 Å². The number of rotatable bonds is 4. The van der Waals surface area contributed by atoms with Crippen LogP contribution in [0.1, 0.15) is 37.2 Å². The molecule has 1 fully saturated rings. The summed E-state index contributed by atoms with van der Waals surface area (Å²) in [5, 5.41) is 6.44. The zero-order chi connectivity index (χ0) is 12.3. The first-order valence-electron chi connectivity index (χ1n) is 5.96. The molecule has 2 atom stereocenters. The van der Waals surface area contributed by atoms with Crippen LogP contribution < -0.4 is 5.32 Å². The molecular formula is C11H18N2O2S2. The zero-order valence-corrected chi connectivity index (χ0v) is 11.6. The molecule has 0 amide bonds. The van der Waals surface area contributed by atoms with Crippen LogP contribution in [0, 0.1) is 0 Å². The molecule has 1 aliphatic rings. The fourth-order valence-electron chi connectivity index (χ4n) is 2.21. The van der Waals surface area contributed by atoms with Crippen LogP contribution in [-0.2, 0) is 9.84 Å². The lowest BCUT2D eigenvalue weighted by atomic mass is 10.1. The lowest BCUT2D eigenvalue weighted by Crippen LogP contribution is -2.41. The van der Waals surface area contributed by atoms with Crippen molar-refractivity contribution in [3.8, 4) is 0 Å². The predicted molar refractivity (Wildman–Crippen MR) is 70.0 cm³/mol. The molecule has 0 radical (unpaired) electrons. The molecule has 0 bridgehead atoms. The number of thiazole rings is 1. The number of hydrogen-bond donors (Lipinski definition) is 1. The Morgan fingerprint density at radius 2 is 2.47 bits per heavy atom. The van der Waals surface area contributed by atoms with E-state index in [1.54, 1.807) is 17.5 Å². The minimum Gasteiger partial charge on any atom is -0.304 e. The summed E-state index contributed by atoms with van der Waals surface area (Å²) in [6.45, 7) is 2.09. The van der Waals surface area contributed by atoms with Gasteiger partial charge >= 0.3 is 0 Å². The van der Waals surface area contributed by atoms with Gasteiger partial charge in [0.05, 0.1) is 17.5 Å². The minimum absolute atomic E-state index is 0.0857. The Morgan fingerprint density at radius 3 is 3.06 bits per heavy atom. The number of sulfone groups is 1. The zero-order valence-electron chi connectivity index (χ0n) is 9.93. The summed E-state index contributed by atoms with van der Waals surface area (Å²) < 4.78 is 23.1. The van der Waals surface area contributed by atoms with E-state index in [0.29, 0.717) is 5.75 Å². The molecule has 1 aromatic heterocycles. The lowest BCUT2D eigenvalue weighted by molar-refractivity contribution is 0.413. The second kappa shape index (κ2) is 5.46. The minimum atomic E-state index is -2.83. The lowest BCUT2D eigenvalue weighted by Gasteiger charge is -2.26. The van der Waals surface area contributed by atoms with Crippen molar-refractivity contribution in [3.05, 3.63) is 16.6 Å². The van der Waals surface area contributed by atoms with Crippen LogP contribution in [0.25, 0.3) is 0 Å². The largest absolute Gasteiger partial charge is 0.304 e. The van der Waals surface area contributed by atoms with Gasteiger partial charge in [0.25, 0.3) is 0 Å². The molecule has 2 unspecified atom stereocenters. The normalized spacial score (nSPS) is 25.6. The van der Waals surface area contributed by atoms with Crippen LogP contribution in [0.2, 0.25) is 0 Å². The molecule has 1 aromatic rings. The molecule has 6 heteroatoms. The van der Waals surface area contributed by atoms with Gasteiger partial charge < -0.3 is 5.32 Å². The van der Waals surface area contributed by atoms with E-state index < -0.39 is 9.84 Å². The SMILES string of the molecule is CCC(NC1CCCS(=O)(=O)C1)c1nccs1. The third kappa shape index (κ3) is 3.50. The predicted octanol–water partition coefficient (Wildman–Crippen LogP) is 1.76. The number of nitrogens with one attached hydrogen (secondary N) is 1. The number of nitrogens with zero attached hydrogens (tertiary/aromatic N) is 1. The van der Waals surface area contributed by atoms with Crippen LogP contribution >= 0.6 is 11.3 Å². The molecule has 17 heavy (non-hydrogen) atoms. The van der Waals surface area contributed by atoms with Crippen LogP contribution in [0.5, 0.6) is 0 Å². The average molecular weight is 274 g/mol. The summed E-state index contributed by atoms with van der Waals surface area (Å²) >= 11 is 1.62. The van der Waals surface area contributed by atoms with Gasteiger partial charge in [0.15, 0.2) is 9.84 Å². The van der Waals surface area contributed by atoms with E-state index in [-0.39, 0.29) is 17.8 Å². The monoisotopic (exact) mass is 274 g/mol. The summed E-state index contributed by atoms with van der Waals surface area (Å²) in [7, 11) is -2.83. The van der Waals surface area contributed by atoms with Crippen molar-refractivity contribution < 1.29 is 8.42 Å². The van der Waals surface area contributed by atoms with E-state index in [4.69, 9.17) is 0 Å². The standard InChI is InChI=1S/C11H18N2O2S2/c1-2-10(11-12-5-6-16-11)13-9-4-3-7-17(14,15)8-9/h5-6,9-10,13H,2-4,7-8H2,1H3. The van der Waals surface area contributed by atoms with Gasteiger partial charge in [-0.3, -0.25) is 0 Å². The highest BCUT2D eigenvalue weighted by Crippen LogP contribution is 2.22. The van der Waals surface area contributed by atoms with Crippen LogP contribution in [0.4, 0.5) is 0 Å². The highest BCUT2D eigenvalue weighted by Gasteiger charge is 2.26. The highest BCUT2D eigenvalue weighted by atomic mass is 32.2. The van der Waals surface area contributed by atoms with Gasteiger partial charge in [-0.25, -0.2) is 13.4 Å². The number of aromatic nitrogens is 1. The van der Waals surface area contributed by atoms with E-state index in [1.807, 2.05) is 5.38 Å². The summed E-state index contributed by atoms with van der Waals surface area (Å²) in [5.74, 6) is 0.619. The molecule has 2 heterocycles. The summed E-state index contributed by atoms with van der Waals surface area (Å²) in [5.41, 5.74) is 0. The molecule has 96 valence electrons. The van der Waals surface area contributed by atoms with Crippen LogP contribution in [-0.4, -0.2) is 30.9 Å². The van der Waals surface area contributed by atoms with Gasteiger partial charge in [-0.1, -0.05) is 6.92 Å². The Bertz CT molecular complexity index is 442. The smallest absolute Gasteiger partial charge is 0.151 e. The Balaban J connectivity index is 2.00. The molecule has 1 N–H and O–H groups in total. The van der Waals surface area contributed by atoms with Crippen molar-refractivity contribution in [1.29, 1.82) is 0 Å². The highest BCUT2D eigenvalue weighted by molar-refractivity contribution is 7.91. The van der Waals surface area contributed by atoms with E-state index in [2.05, 4.69) is 17.2 Å². The summed E-state index contributed by atoms with van der Waals surface area (Å²) in [6, 6.07) is 0.274. The summed E-state index contributed by atoms with van der Waals surface area (Å²) in [4.78, 5) is 4.30. The van der Waals surface area contributed by atoms with Gasteiger partial charge in [0, 0.05) is 17.6 Å². The van der Waals surface area contributed by atoms with Crippen molar-refractivity contribution in [2.75, 3.05) is 11.5 Å². The molecule has 4 nitrogen and oxygen atoms in total. The summed E-state index contributed by atoms with van der Waals surface area (Å²) in [6.07, 6.45) is 4.45. The van der Waals surface area contributed by atoms with Gasteiger partial charge in [0.1, 0.15) is 5.01 Å². The Morgan fingerprint density at radius 1 is 1.65 bits per heavy atom. The Kier molecular flexibility index (Phi) is 4.17. The third-order valence-electron chi connectivity index (χ3n) is 3.06. The molecule has 0 spiro atoms. The first-order chi connectivity index (χ1) is 8.11. The fraction of sp³-hybridized carbons (Fsp3) is 0.727. The Hall–Kier alpha value is -0.460. The average Bonchev–Trinajstić information content (AvgIpc) is 2.78. The molecule has 0 aromatic carbocycles. The van der Waals surface area contributed by atoms with Crippen LogP contribution in [0.3, 0.4) is 0 Å². The Labute approximate surface area is 106 Å². The second-order valence-electron chi connectivity index (χ2n) is 4.45. The van der Waals surface area contributed by atoms with Gasteiger partial charge in [-0.05, 0) is 19.3 Å². The molecule has 2 rings (SSSR count). The molecule has 0 aliphatic carbocycles. The van der Waals surface area contributed by atoms with Crippen molar-refractivity contribution in [2.45, 2.75) is 38.3 Å². The molecular weight excluding hydrogens is 256 g/mol. The third-order valence-corrected chi connectivity index (χ3v) is 5.77. The van der Waals surface area contributed by atoms with E-state index in [1.165, 1.54) is 0 Å². The molecule has 1 saturated heterocycles. The maximum Gasteiger partial charge on any atom is 0.151 e. The van der Waals surface area contributed by atoms with Crippen molar-refractivity contribution in [3.63, 3.8) is 0 Å². The maximum absolute atomic E-state index is 11.6. The van der Waals surface area contributed by atoms with Gasteiger partial charge in [-0.15, -0.1) is 11.3 Å². The van der Waals surface area contributed by atoms with E-state index >= 15 is 0 Å². The van der Waals surface area contributed by atoms with E-state index in [9.17, 15) is 8.42 Å². The molecule has 1 aliphatic heterocycles.